The van der Waals surface area contributed by atoms with E-state index in [4.69, 9.17) is 16.3 Å². The van der Waals surface area contributed by atoms with Crippen molar-refractivity contribution in [3.05, 3.63) is 23.2 Å². The van der Waals surface area contributed by atoms with Crippen LogP contribution in [0.15, 0.2) is 18.2 Å². The third-order valence-corrected chi connectivity index (χ3v) is 2.96. The summed E-state index contributed by atoms with van der Waals surface area (Å²) in [7, 11) is 0. The van der Waals surface area contributed by atoms with E-state index in [0.717, 1.165) is 4.80 Å². The Kier molecular flexibility index (Phi) is 3.26. The Hall–Kier alpha value is -1.62. The van der Waals surface area contributed by atoms with Gasteiger partial charge in [-0.25, -0.2) is 4.79 Å². The average molecular weight is 268 g/mol. The fraction of sp³-hybridized carbons (Fsp3) is 0.417. The molecule has 0 aliphatic rings. The normalized spacial score (nSPS) is 11.8. The van der Waals surface area contributed by atoms with Crippen LogP contribution in [-0.4, -0.2) is 26.7 Å². The molecule has 0 radical (unpaired) electrons. The van der Waals surface area contributed by atoms with Crippen molar-refractivity contribution >= 4 is 28.7 Å². The first kappa shape index (κ1) is 12.8. The van der Waals surface area contributed by atoms with Gasteiger partial charge in [0, 0.05) is 5.02 Å². The Morgan fingerprint density at radius 2 is 2.06 bits per heavy atom. The summed E-state index contributed by atoms with van der Waals surface area (Å²) in [4.78, 5) is 12.8. The SMILES string of the molecule is CCC(C)(C)OC(=O)n1nc2ccc(Cl)cc2n1. The highest BCUT2D eigenvalue weighted by Gasteiger charge is 2.23. The van der Waals surface area contributed by atoms with Gasteiger partial charge >= 0.3 is 6.09 Å². The maximum Gasteiger partial charge on any atom is 0.452 e. The number of benzene rings is 1. The van der Waals surface area contributed by atoms with Gasteiger partial charge in [0.05, 0.1) is 0 Å². The van der Waals surface area contributed by atoms with Crippen LogP contribution in [0.2, 0.25) is 5.02 Å². The van der Waals surface area contributed by atoms with Crippen LogP contribution in [0.4, 0.5) is 4.79 Å². The maximum absolute atomic E-state index is 11.9. The molecule has 2 aromatic rings. The summed E-state index contributed by atoms with van der Waals surface area (Å²) in [6, 6.07) is 5.06. The van der Waals surface area contributed by atoms with E-state index in [1.807, 2.05) is 20.8 Å². The van der Waals surface area contributed by atoms with E-state index in [1.54, 1.807) is 18.2 Å². The molecule has 0 saturated carbocycles. The number of rotatable bonds is 2. The van der Waals surface area contributed by atoms with Gasteiger partial charge in [0.25, 0.3) is 0 Å². The molecule has 5 nitrogen and oxygen atoms in total. The molecular formula is C12H14ClN3O2. The largest absolute Gasteiger partial charge is 0.452 e. The standard InChI is InChI=1S/C12H14ClN3O2/c1-4-12(2,3)18-11(17)16-14-9-6-5-8(13)7-10(9)15-16/h5-7H,4H2,1-3H3. The van der Waals surface area contributed by atoms with E-state index < -0.39 is 11.7 Å². The lowest BCUT2D eigenvalue weighted by molar-refractivity contribution is 0.0330. The minimum absolute atomic E-state index is 0.533. The third-order valence-electron chi connectivity index (χ3n) is 2.72. The molecule has 1 aromatic carbocycles. The van der Waals surface area contributed by atoms with E-state index in [-0.39, 0.29) is 0 Å². The zero-order chi connectivity index (χ0) is 13.3. The van der Waals surface area contributed by atoms with Gasteiger partial charge in [0.15, 0.2) is 0 Å². The summed E-state index contributed by atoms with van der Waals surface area (Å²) in [6.07, 6.45) is 0.125. The first-order chi connectivity index (χ1) is 8.41. The van der Waals surface area contributed by atoms with Crippen molar-refractivity contribution in [2.45, 2.75) is 32.8 Å². The third kappa shape index (κ3) is 2.61. The van der Waals surface area contributed by atoms with E-state index in [9.17, 15) is 4.79 Å². The van der Waals surface area contributed by atoms with E-state index in [2.05, 4.69) is 10.2 Å². The van der Waals surface area contributed by atoms with Crippen LogP contribution in [0.5, 0.6) is 0 Å². The molecule has 0 saturated heterocycles. The highest BCUT2D eigenvalue weighted by Crippen LogP contribution is 2.17. The molecule has 0 N–H and O–H groups in total. The molecule has 0 fully saturated rings. The van der Waals surface area contributed by atoms with E-state index in [1.165, 1.54) is 0 Å². The number of fused-ring (bicyclic) bond motifs is 1. The Morgan fingerprint density at radius 1 is 1.39 bits per heavy atom. The van der Waals surface area contributed by atoms with Gasteiger partial charge in [-0.05, 0) is 38.5 Å². The van der Waals surface area contributed by atoms with Crippen molar-refractivity contribution in [2.24, 2.45) is 0 Å². The molecule has 0 aliphatic carbocycles. The van der Waals surface area contributed by atoms with Gasteiger partial charge in [-0.2, -0.15) is 0 Å². The monoisotopic (exact) mass is 267 g/mol. The van der Waals surface area contributed by atoms with Gasteiger partial charge in [-0.1, -0.05) is 23.3 Å². The Bertz CT molecular complexity index is 592. The highest BCUT2D eigenvalue weighted by atomic mass is 35.5. The number of nitrogens with zero attached hydrogens (tertiary/aromatic N) is 3. The number of aromatic nitrogens is 3. The minimum Gasteiger partial charge on any atom is -0.441 e. The lowest BCUT2D eigenvalue weighted by Gasteiger charge is -2.22. The second-order valence-corrected chi connectivity index (χ2v) is 5.04. The van der Waals surface area contributed by atoms with Gasteiger partial charge in [-0.3, -0.25) is 0 Å². The lowest BCUT2D eigenvalue weighted by Crippen LogP contribution is -2.30. The van der Waals surface area contributed by atoms with Crippen molar-refractivity contribution in [2.75, 3.05) is 0 Å². The van der Waals surface area contributed by atoms with Gasteiger partial charge in [0.2, 0.25) is 0 Å². The predicted octanol–water partition coefficient (Wildman–Crippen LogP) is 3.26. The number of hydrogen-bond acceptors (Lipinski definition) is 4. The number of ether oxygens (including phenoxy) is 1. The molecule has 2 rings (SSSR count). The number of carbonyl (C=O) groups excluding carboxylic acids is 1. The van der Waals surface area contributed by atoms with Gasteiger partial charge < -0.3 is 4.74 Å². The quantitative estimate of drug-likeness (QED) is 0.838. The number of hydrogen-bond donors (Lipinski definition) is 0. The van der Waals surface area contributed by atoms with Crippen LogP contribution < -0.4 is 0 Å². The van der Waals surface area contributed by atoms with Crippen LogP contribution in [0.1, 0.15) is 27.2 Å². The zero-order valence-corrected chi connectivity index (χ0v) is 11.2. The fourth-order valence-corrected chi connectivity index (χ4v) is 1.49. The number of halogens is 1. The molecule has 1 aromatic heterocycles. The Morgan fingerprint density at radius 3 is 2.72 bits per heavy atom. The van der Waals surface area contributed by atoms with Crippen LogP contribution in [0.3, 0.4) is 0 Å². The highest BCUT2D eigenvalue weighted by molar-refractivity contribution is 6.31. The second kappa shape index (κ2) is 4.57. The molecular weight excluding hydrogens is 254 g/mol. The molecule has 0 aliphatic heterocycles. The van der Waals surface area contributed by atoms with Crippen LogP contribution in [0, 0.1) is 0 Å². The molecule has 96 valence electrons. The molecule has 0 atom stereocenters. The summed E-state index contributed by atoms with van der Waals surface area (Å²) >= 11 is 5.84. The molecule has 0 unspecified atom stereocenters. The fourth-order valence-electron chi connectivity index (χ4n) is 1.32. The van der Waals surface area contributed by atoms with Gasteiger partial charge in [0.1, 0.15) is 16.6 Å². The van der Waals surface area contributed by atoms with Crippen LogP contribution in [0.25, 0.3) is 11.0 Å². The van der Waals surface area contributed by atoms with E-state index in [0.29, 0.717) is 22.5 Å². The summed E-state index contributed by atoms with van der Waals surface area (Å²) in [5, 5.41) is 8.64. The number of carbonyl (C=O) groups is 1. The molecule has 0 bridgehead atoms. The van der Waals surface area contributed by atoms with Crippen molar-refractivity contribution < 1.29 is 9.53 Å². The molecule has 6 heteroatoms. The van der Waals surface area contributed by atoms with Crippen molar-refractivity contribution in [1.29, 1.82) is 0 Å². The van der Waals surface area contributed by atoms with Crippen molar-refractivity contribution in [1.82, 2.24) is 15.0 Å². The Balaban J connectivity index is 2.28. The Labute approximate surface area is 110 Å². The molecule has 0 spiro atoms. The van der Waals surface area contributed by atoms with Crippen molar-refractivity contribution in [3.63, 3.8) is 0 Å². The first-order valence-electron chi connectivity index (χ1n) is 5.67. The van der Waals surface area contributed by atoms with Crippen molar-refractivity contribution in [3.8, 4) is 0 Å². The summed E-state index contributed by atoms with van der Waals surface area (Å²) in [5.41, 5.74) is 0.633. The molecule has 1 heterocycles. The lowest BCUT2D eigenvalue weighted by atomic mass is 10.1. The van der Waals surface area contributed by atoms with Crippen LogP contribution in [-0.2, 0) is 4.74 Å². The smallest absolute Gasteiger partial charge is 0.441 e. The molecule has 18 heavy (non-hydrogen) atoms. The topological polar surface area (TPSA) is 57.0 Å². The van der Waals surface area contributed by atoms with Crippen LogP contribution >= 0.6 is 11.6 Å². The predicted molar refractivity (Wildman–Crippen MR) is 68.8 cm³/mol. The van der Waals surface area contributed by atoms with Gasteiger partial charge in [-0.15, -0.1) is 10.2 Å². The van der Waals surface area contributed by atoms with E-state index >= 15 is 0 Å². The summed E-state index contributed by atoms with van der Waals surface area (Å²) < 4.78 is 5.30. The summed E-state index contributed by atoms with van der Waals surface area (Å²) in [6.45, 7) is 5.62. The zero-order valence-electron chi connectivity index (χ0n) is 10.5. The first-order valence-corrected chi connectivity index (χ1v) is 6.05. The molecule has 0 amide bonds. The minimum atomic E-state index is -0.589. The summed E-state index contributed by atoms with van der Waals surface area (Å²) in [5.74, 6) is 0. The average Bonchev–Trinajstić information content (AvgIpc) is 2.71. The maximum atomic E-state index is 11.9. The second-order valence-electron chi connectivity index (χ2n) is 4.60.